The van der Waals surface area contributed by atoms with Gasteiger partial charge in [0.25, 0.3) is 0 Å². The van der Waals surface area contributed by atoms with Crippen molar-refractivity contribution >= 4 is 15.9 Å². The van der Waals surface area contributed by atoms with Gasteiger partial charge < -0.3 is 9.88 Å². The van der Waals surface area contributed by atoms with Crippen molar-refractivity contribution in [2.24, 2.45) is 0 Å². The number of fused-ring (bicyclic) bond motifs is 1. The number of hydrogen-bond donors (Lipinski definition) is 2. The molecule has 0 fully saturated rings. The van der Waals surface area contributed by atoms with Crippen molar-refractivity contribution in [1.29, 1.82) is 0 Å². The first kappa shape index (κ1) is 17.4. The maximum atomic E-state index is 12.3. The number of pyridine rings is 1. The van der Waals surface area contributed by atoms with E-state index < -0.39 is 16.1 Å². The van der Waals surface area contributed by atoms with Crippen molar-refractivity contribution < 1.29 is 13.2 Å². The summed E-state index contributed by atoms with van der Waals surface area (Å²) >= 11 is 0. The van der Waals surface area contributed by atoms with Crippen LogP contribution in [0.3, 0.4) is 0 Å². The number of carbonyl (C=O) groups excluding carboxylic acids is 1. The molecule has 1 aliphatic rings. The second-order valence-electron chi connectivity index (χ2n) is 5.86. The molecule has 0 bridgehead atoms. The van der Waals surface area contributed by atoms with Crippen LogP contribution in [0.2, 0.25) is 0 Å². The third-order valence-electron chi connectivity index (χ3n) is 4.07. The van der Waals surface area contributed by atoms with Crippen LogP contribution in [0.1, 0.15) is 12.0 Å². The van der Waals surface area contributed by atoms with Crippen molar-refractivity contribution in [1.82, 2.24) is 14.6 Å². The molecule has 25 heavy (non-hydrogen) atoms. The number of carbonyl (C=O) groups is 1. The predicted octanol–water partition coefficient (Wildman–Crippen LogP) is 0.258. The Balaban J connectivity index is 1.56. The van der Waals surface area contributed by atoms with Crippen LogP contribution >= 0.6 is 0 Å². The second-order valence-corrected chi connectivity index (χ2v) is 7.54. The minimum Gasteiger partial charge on any atom is -0.355 e. The molecule has 0 radical (unpaired) electrons. The van der Waals surface area contributed by atoms with Gasteiger partial charge in [-0.3, -0.25) is 9.59 Å². The van der Waals surface area contributed by atoms with Gasteiger partial charge in [-0.1, -0.05) is 24.3 Å². The topological polar surface area (TPSA) is 97.3 Å². The lowest BCUT2D eigenvalue weighted by atomic mass is 10.1. The molecule has 1 amide bonds. The Kier molecular flexibility index (Phi) is 5.00. The SMILES string of the molecule is O=C(NCCCn1ccccc1=O)[C@H]1Cc2ccccc2S(=O)(=O)N1. The Labute approximate surface area is 145 Å². The van der Waals surface area contributed by atoms with Gasteiger partial charge in [0.15, 0.2) is 0 Å². The Morgan fingerprint density at radius 2 is 1.96 bits per heavy atom. The molecule has 1 atom stereocenters. The molecule has 1 aliphatic heterocycles. The van der Waals surface area contributed by atoms with Crippen LogP contribution in [-0.2, 0) is 27.8 Å². The Morgan fingerprint density at radius 1 is 1.20 bits per heavy atom. The number of aromatic nitrogens is 1. The van der Waals surface area contributed by atoms with Crippen molar-refractivity contribution in [2.75, 3.05) is 6.54 Å². The first-order valence-corrected chi connectivity index (χ1v) is 9.49. The molecule has 2 N–H and O–H groups in total. The number of sulfonamides is 1. The van der Waals surface area contributed by atoms with E-state index >= 15 is 0 Å². The van der Waals surface area contributed by atoms with E-state index in [1.807, 2.05) is 0 Å². The van der Waals surface area contributed by atoms with Gasteiger partial charge in [0.1, 0.15) is 6.04 Å². The molecule has 2 heterocycles. The van der Waals surface area contributed by atoms with E-state index in [0.29, 0.717) is 31.5 Å². The van der Waals surface area contributed by atoms with Crippen LogP contribution in [-0.4, -0.2) is 31.5 Å². The van der Waals surface area contributed by atoms with E-state index in [-0.39, 0.29) is 16.4 Å². The van der Waals surface area contributed by atoms with Gasteiger partial charge in [0, 0.05) is 25.4 Å². The van der Waals surface area contributed by atoms with Gasteiger partial charge in [0.05, 0.1) is 4.90 Å². The standard InChI is InChI=1S/C17H19N3O4S/c21-16-8-3-4-10-20(16)11-5-9-18-17(22)14-12-13-6-1-2-7-15(13)25(23,24)19-14/h1-4,6-8,10,14,19H,5,9,11-12H2,(H,18,22)/t14-/m1/s1. The zero-order chi connectivity index (χ0) is 17.9. The molecule has 7 nitrogen and oxygen atoms in total. The fourth-order valence-electron chi connectivity index (χ4n) is 2.82. The quantitative estimate of drug-likeness (QED) is 0.747. The maximum Gasteiger partial charge on any atom is 0.250 e. The van der Waals surface area contributed by atoms with Crippen LogP contribution in [0, 0.1) is 0 Å². The van der Waals surface area contributed by atoms with Crippen LogP contribution in [0.5, 0.6) is 0 Å². The maximum absolute atomic E-state index is 12.3. The minimum absolute atomic E-state index is 0.0922. The molecule has 1 aromatic heterocycles. The van der Waals surface area contributed by atoms with Crippen LogP contribution in [0.15, 0.2) is 58.4 Å². The Bertz CT molecular complexity index is 937. The van der Waals surface area contributed by atoms with Crippen molar-refractivity contribution in [3.05, 3.63) is 64.6 Å². The fraction of sp³-hybridized carbons (Fsp3) is 0.294. The number of rotatable bonds is 5. The molecule has 3 rings (SSSR count). The first-order chi connectivity index (χ1) is 12.0. The highest BCUT2D eigenvalue weighted by Crippen LogP contribution is 2.22. The van der Waals surface area contributed by atoms with Gasteiger partial charge in [-0.15, -0.1) is 0 Å². The molecule has 0 saturated heterocycles. The lowest BCUT2D eigenvalue weighted by Crippen LogP contribution is -2.50. The monoisotopic (exact) mass is 361 g/mol. The highest BCUT2D eigenvalue weighted by Gasteiger charge is 2.32. The summed E-state index contributed by atoms with van der Waals surface area (Å²) in [5, 5.41) is 2.73. The van der Waals surface area contributed by atoms with Gasteiger partial charge in [-0.2, -0.15) is 4.72 Å². The number of nitrogens with one attached hydrogen (secondary N) is 2. The number of nitrogens with zero attached hydrogens (tertiary/aromatic N) is 1. The van der Waals surface area contributed by atoms with Crippen LogP contribution in [0.4, 0.5) is 0 Å². The van der Waals surface area contributed by atoms with Crippen molar-refractivity contribution in [2.45, 2.75) is 30.3 Å². The van der Waals surface area contributed by atoms with E-state index in [2.05, 4.69) is 10.0 Å². The Hall–Kier alpha value is -2.45. The summed E-state index contributed by atoms with van der Waals surface area (Å²) in [6, 6.07) is 10.8. The molecule has 0 unspecified atom stereocenters. The van der Waals surface area contributed by atoms with Crippen LogP contribution < -0.4 is 15.6 Å². The number of benzene rings is 1. The van der Waals surface area contributed by atoms with Gasteiger partial charge in [0.2, 0.25) is 21.5 Å². The minimum atomic E-state index is -3.67. The zero-order valence-electron chi connectivity index (χ0n) is 13.5. The fourth-order valence-corrected chi connectivity index (χ4v) is 4.27. The highest BCUT2D eigenvalue weighted by atomic mass is 32.2. The van der Waals surface area contributed by atoms with Gasteiger partial charge >= 0.3 is 0 Å². The summed E-state index contributed by atoms with van der Waals surface area (Å²) in [6.45, 7) is 0.846. The zero-order valence-corrected chi connectivity index (χ0v) is 14.3. The summed E-state index contributed by atoms with van der Waals surface area (Å²) in [5.74, 6) is -0.363. The van der Waals surface area contributed by atoms with Crippen molar-refractivity contribution in [3.63, 3.8) is 0 Å². The number of hydrogen-bond acceptors (Lipinski definition) is 4. The molecule has 8 heteroatoms. The Morgan fingerprint density at radius 3 is 2.76 bits per heavy atom. The normalized spacial score (nSPS) is 18.3. The molecule has 0 saturated carbocycles. The number of amides is 1. The largest absolute Gasteiger partial charge is 0.355 e. The van der Waals surface area contributed by atoms with E-state index in [4.69, 9.17) is 0 Å². The average molecular weight is 361 g/mol. The van der Waals surface area contributed by atoms with Crippen molar-refractivity contribution in [3.8, 4) is 0 Å². The van der Waals surface area contributed by atoms with Gasteiger partial charge in [-0.05, 0) is 30.5 Å². The molecule has 2 aromatic rings. The lowest BCUT2D eigenvalue weighted by Gasteiger charge is -2.25. The molecule has 1 aromatic carbocycles. The second kappa shape index (κ2) is 7.20. The van der Waals surface area contributed by atoms with E-state index in [1.165, 1.54) is 12.1 Å². The van der Waals surface area contributed by atoms with E-state index in [9.17, 15) is 18.0 Å². The summed E-state index contributed by atoms with van der Waals surface area (Å²) in [5.41, 5.74) is 0.544. The predicted molar refractivity (Wildman–Crippen MR) is 92.6 cm³/mol. The molecule has 0 spiro atoms. The summed E-state index contributed by atoms with van der Waals surface area (Å²) < 4.78 is 28.4. The lowest BCUT2D eigenvalue weighted by molar-refractivity contribution is -0.122. The summed E-state index contributed by atoms with van der Waals surface area (Å²) in [6.07, 6.45) is 2.58. The smallest absolute Gasteiger partial charge is 0.250 e. The third-order valence-corrected chi connectivity index (χ3v) is 5.65. The molecule has 0 aliphatic carbocycles. The molecular weight excluding hydrogens is 342 g/mol. The molecule has 132 valence electrons. The highest BCUT2D eigenvalue weighted by molar-refractivity contribution is 7.89. The van der Waals surface area contributed by atoms with Gasteiger partial charge in [-0.25, -0.2) is 8.42 Å². The number of aryl methyl sites for hydroxylation is 1. The molecular formula is C17H19N3O4S. The third kappa shape index (κ3) is 3.97. The summed E-state index contributed by atoms with van der Waals surface area (Å²) in [4.78, 5) is 24.1. The average Bonchev–Trinajstić information content (AvgIpc) is 2.59. The van der Waals surface area contributed by atoms with Crippen LogP contribution in [0.25, 0.3) is 0 Å². The summed E-state index contributed by atoms with van der Waals surface area (Å²) in [7, 11) is -3.67. The van der Waals surface area contributed by atoms with E-state index in [0.717, 1.165) is 0 Å². The van der Waals surface area contributed by atoms with E-state index in [1.54, 1.807) is 41.1 Å². The first-order valence-electron chi connectivity index (χ1n) is 8.01.